The number of nitrogens with zero attached hydrogens (tertiary/aromatic N) is 8. The predicted molar refractivity (Wildman–Crippen MR) is 285 cm³/mol. The molecule has 78 heavy (non-hydrogen) atoms. The number of methoxy groups -OCH3 is 1. The van der Waals surface area contributed by atoms with Gasteiger partial charge in [-0.3, -0.25) is 9.69 Å². The van der Waals surface area contributed by atoms with E-state index in [9.17, 15) is 35.1 Å². The molecule has 0 bridgehead atoms. The van der Waals surface area contributed by atoms with Gasteiger partial charge < -0.3 is 73.4 Å². The van der Waals surface area contributed by atoms with Crippen molar-refractivity contribution in [2.24, 2.45) is 23.7 Å². The van der Waals surface area contributed by atoms with Gasteiger partial charge in [-0.25, -0.2) is 9.18 Å². The lowest BCUT2D eigenvalue weighted by Crippen LogP contribution is -2.60. The second-order valence-corrected chi connectivity index (χ2v) is 24.1. The molecule has 1 aromatic heterocycles. The van der Waals surface area contributed by atoms with Crippen molar-refractivity contribution in [3.05, 3.63) is 29.8 Å². The van der Waals surface area contributed by atoms with Gasteiger partial charge in [0.25, 0.3) is 0 Å². The maximum Gasteiger partial charge on any atom is 0.414 e. The summed E-state index contributed by atoms with van der Waals surface area (Å²) in [6, 6.07) is 3.76. The molecule has 0 radical (unpaired) electrons. The number of amides is 1. The number of cyclic esters (lactones) is 2. The van der Waals surface area contributed by atoms with E-state index in [1.165, 1.54) is 29.8 Å². The monoisotopic (exact) mass is 1110 g/mol. The second kappa shape index (κ2) is 25.6. The first-order valence-corrected chi connectivity index (χ1v) is 28.2. The third kappa shape index (κ3) is 13.9. The summed E-state index contributed by atoms with van der Waals surface area (Å²) in [4.78, 5) is 36.2. The van der Waals surface area contributed by atoms with Crippen molar-refractivity contribution in [2.75, 3.05) is 76.9 Å². The average molecular weight is 1110 g/mol. The fraction of sp³-hybridized carbons (Fsp3) is 0.836. The zero-order valence-electron chi connectivity index (χ0n) is 48.2. The fourth-order valence-corrected chi connectivity index (χ4v) is 12.8. The SMILES string of the molecule is CC[C@H]1OC(=O)[C@H](C)[C@@H](O[C@H]2C[C@@](C)(OC)[C@@H](O)[C@H](C)O2)[C@H](C)[C@@H](O[C@@H]2C[C@H](C)C[C@H](N(C)CCc3nnn(C[C@H]4CN(c5ccc(N6CCOCC6)c(F)c5)C(=O)O4)n3)[C@H]2O)[C@](C)(O)C[C@@H](C)CN(C)[C@H](C)[C@@H](O)[C@]1(C)O. The summed E-state index contributed by atoms with van der Waals surface area (Å²) >= 11 is 0. The van der Waals surface area contributed by atoms with Crippen LogP contribution in [0, 0.1) is 29.5 Å². The standard InChI is InChI=1S/C55H91FN8O14/c1-14-43-55(10,71)48(66)35(6)61(12)28-32(3)26-53(8,70)50(33(4)47(34(5)51(68)77-43)78-45-27-54(9,72-13)49(67)36(7)74-45)76-42-24-31(2)23-41(46(42)65)60(11)18-17-44-57-59-64(58-44)30-38-29-63(52(69)75-38)37-15-16-40(39(56)25-37)62-19-21-73-22-20-62/h15-16,25,31-36,38,41-43,45-50,65-67,70-71H,14,17-24,26-30H2,1-13H3/t31-,32-,33+,34-,35-,36+,38-,41+,42-,43-,45+,46-,47+,48-,49+,50-,53-,54-,55-/m1/s1. The van der Waals surface area contributed by atoms with Gasteiger partial charge in [0.15, 0.2) is 12.1 Å². The van der Waals surface area contributed by atoms with E-state index in [0.29, 0.717) is 75.9 Å². The van der Waals surface area contributed by atoms with E-state index in [-0.39, 0.29) is 50.2 Å². The van der Waals surface area contributed by atoms with Gasteiger partial charge in [0.2, 0.25) is 0 Å². The normalized spacial score (nSPS) is 40.2. The van der Waals surface area contributed by atoms with Gasteiger partial charge in [0.1, 0.15) is 42.4 Å². The van der Waals surface area contributed by atoms with Crippen molar-refractivity contribution in [3.63, 3.8) is 0 Å². The Hall–Kier alpha value is -3.72. The minimum Gasteiger partial charge on any atom is -0.459 e. The van der Waals surface area contributed by atoms with Crippen LogP contribution in [0.5, 0.6) is 0 Å². The minimum absolute atomic E-state index is 0.0794. The van der Waals surface area contributed by atoms with E-state index < -0.39 is 114 Å². The van der Waals surface area contributed by atoms with E-state index >= 15 is 4.39 Å². The number of hydrogen-bond donors (Lipinski definition) is 5. The summed E-state index contributed by atoms with van der Waals surface area (Å²) in [6.07, 6.45) is -8.21. The topological polar surface area (TPSA) is 256 Å². The number of hydrogen-bond acceptors (Lipinski definition) is 20. The molecule has 0 unspecified atom stereocenters. The third-order valence-corrected chi connectivity index (χ3v) is 17.6. The van der Waals surface area contributed by atoms with Crippen molar-refractivity contribution in [3.8, 4) is 0 Å². The summed E-state index contributed by atoms with van der Waals surface area (Å²) in [5, 5.41) is 73.2. The van der Waals surface area contributed by atoms with Crippen LogP contribution < -0.4 is 9.80 Å². The molecule has 4 aliphatic heterocycles. The number of carbonyl (C=O) groups is 2. The van der Waals surface area contributed by atoms with Gasteiger partial charge in [-0.1, -0.05) is 27.7 Å². The van der Waals surface area contributed by atoms with Crippen LogP contribution in [0.3, 0.4) is 0 Å². The number of halogens is 1. The quantitative estimate of drug-likeness (QED) is 0.170. The lowest BCUT2D eigenvalue weighted by atomic mass is 9.76. The van der Waals surface area contributed by atoms with Crippen LogP contribution in [0.1, 0.15) is 107 Å². The predicted octanol–water partition coefficient (Wildman–Crippen LogP) is 3.16. The Kier molecular flexibility index (Phi) is 20.3. The van der Waals surface area contributed by atoms with Crippen molar-refractivity contribution >= 4 is 23.4 Å². The van der Waals surface area contributed by atoms with Gasteiger partial charge in [-0.05, 0) is 117 Å². The smallest absolute Gasteiger partial charge is 0.414 e. The number of carbonyl (C=O) groups excluding carboxylic acids is 2. The number of tetrazole rings is 1. The Morgan fingerprint density at radius 2 is 1.63 bits per heavy atom. The van der Waals surface area contributed by atoms with E-state index in [1.54, 1.807) is 53.7 Å². The maximum atomic E-state index is 15.3. The highest BCUT2D eigenvalue weighted by Gasteiger charge is 2.53. The van der Waals surface area contributed by atoms with Crippen molar-refractivity contribution in [1.29, 1.82) is 0 Å². The molecule has 442 valence electrons. The molecule has 2 aromatic rings. The number of anilines is 2. The first-order chi connectivity index (χ1) is 36.7. The van der Waals surface area contributed by atoms with Crippen LogP contribution in [-0.2, 0) is 50.9 Å². The summed E-state index contributed by atoms with van der Waals surface area (Å²) < 4.78 is 58.5. The van der Waals surface area contributed by atoms with Gasteiger partial charge in [0, 0.05) is 64.1 Å². The average Bonchev–Trinajstić information content (AvgIpc) is 4.04. The number of likely N-dealkylation sites (N-methyl/N-ethyl adjacent to an activating group) is 2. The molecule has 0 spiro atoms. The number of morpholine rings is 1. The number of aliphatic hydroxyl groups excluding tert-OH is 3. The number of aliphatic hydroxyl groups is 5. The van der Waals surface area contributed by atoms with Gasteiger partial charge in [-0.2, -0.15) is 4.80 Å². The largest absolute Gasteiger partial charge is 0.459 e. The Bertz CT molecular complexity index is 2290. The number of benzene rings is 1. The fourth-order valence-electron chi connectivity index (χ4n) is 12.8. The van der Waals surface area contributed by atoms with E-state index in [2.05, 4.69) is 27.2 Å². The molecule has 1 aromatic carbocycles. The van der Waals surface area contributed by atoms with Crippen molar-refractivity contribution < 1.29 is 72.7 Å². The molecule has 5 N–H and O–H groups in total. The van der Waals surface area contributed by atoms with Crippen LogP contribution in [0.15, 0.2) is 18.2 Å². The van der Waals surface area contributed by atoms with Crippen LogP contribution in [-0.4, -0.2) is 225 Å². The Labute approximate surface area is 459 Å². The molecule has 19 atom stereocenters. The maximum absolute atomic E-state index is 15.3. The van der Waals surface area contributed by atoms with E-state index in [1.807, 2.05) is 37.7 Å². The first-order valence-electron chi connectivity index (χ1n) is 28.2. The zero-order chi connectivity index (χ0) is 57.2. The van der Waals surface area contributed by atoms with Crippen LogP contribution in [0.4, 0.5) is 20.6 Å². The summed E-state index contributed by atoms with van der Waals surface area (Å²) in [7, 11) is 5.27. The Balaban J connectivity index is 1.07. The summed E-state index contributed by atoms with van der Waals surface area (Å²) in [6.45, 7) is 21.2. The molecule has 23 heteroatoms. The molecule has 7 rings (SSSR count). The number of rotatable bonds is 14. The summed E-state index contributed by atoms with van der Waals surface area (Å²) in [5.74, 6) is -2.62. The number of aromatic nitrogens is 4. The first kappa shape index (κ1) is 61.9. The van der Waals surface area contributed by atoms with Gasteiger partial charge in [0.05, 0.1) is 78.8 Å². The zero-order valence-corrected chi connectivity index (χ0v) is 48.2. The minimum atomic E-state index is -1.84. The molecule has 5 aliphatic rings. The highest BCUT2D eigenvalue weighted by molar-refractivity contribution is 5.90. The Morgan fingerprint density at radius 1 is 0.923 bits per heavy atom. The van der Waals surface area contributed by atoms with Crippen molar-refractivity contribution in [1.82, 2.24) is 30.0 Å². The third-order valence-electron chi connectivity index (χ3n) is 17.6. The number of esters is 1. The van der Waals surface area contributed by atoms with Crippen LogP contribution in [0.25, 0.3) is 0 Å². The van der Waals surface area contributed by atoms with Crippen LogP contribution >= 0.6 is 0 Å². The molecule has 22 nitrogen and oxygen atoms in total. The second-order valence-electron chi connectivity index (χ2n) is 24.1. The van der Waals surface area contributed by atoms with E-state index in [4.69, 9.17) is 33.2 Å². The molecule has 4 saturated heterocycles. The highest BCUT2D eigenvalue weighted by atomic mass is 19.1. The van der Waals surface area contributed by atoms with E-state index in [0.717, 1.165) is 0 Å². The Morgan fingerprint density at radius 3 is 2.29 bits per heavy atom. The molecular formula is C55H91FN8O14. The van der Waals surface area contributed by atoms with Crippen molar-refractivity contribution in [2.45, 2.75) is 204 Å². The highest BCUT2D eigenvalue weighted by Crippen LogP contribution is 2.41. The molecule has 1 amide bonds. The molecular weight excluding hydrogens is 1020 g/mol. The molecule has 5 heterocycles. The van der Waals surface area contributed by atoms with Gasteiger partial charge in [-0.15, -0.1) is 10.2 Å². The lowest BCUT2D eigenvalue weighted by Gasteiger charge is -2.49. The number of ether oxygens (including phenoxy) is 7. The van der Waals surface area contributed by atoms with Crippen LogP contribution in [0.2, 0.25) is 0 Å². The molecule has 1 saturated carbocycles. The summed E-state index contributed by atoms with van der Waals surface area (Å²) in [5.41, 5.74) is -3.66. The van der Waals surface area contributed by atoms with Gasteiger partial charge >= 0.3 is 12.1 Å². The molecule has 1 aliphatic carbocycles. The molecule has 5 fully saturated rings. The lowest BCUT2D eigenvalue weighted by molar-refractivity contribution is -0.302.